The first kappa shape index (κ1) is 9.12. The Morgan fingerprint density at radius 2 is 2.30 bits per heavy atom. The van der Waals surface area contributed by atoms with Crippen LogP contribution in [0.2, 0.25) is 0 Å². The van der Waals surface area contributed by atoms with Crippen molar-refractivity contribution in [2.45, 2.75) is 0 Å². The molecule has 0 aromatic carbocycles. The van der Waals surface area contributed by atoms with E-state index in [4.69, 9.17) is 5.73 Å². The van der Waals surface area contributed by atoms with Crippen molar-refractivity contribution in [1.29, 1.82) is 0 Å². The van der Waals surface area contributed by atoms with Crippen LogP contribution in [0.15, 0.2) is 0 Å². The first-order chi connectivity index (χ1) is 4.66. The summed E-state index contributed by atoms with van der Waals surface area (Å²) in [5, 5.41) is 2.26. The lowest BCUT2D eigenvalue weighted by molar-refractivity contribution is -0.119. The average molecular weight is 161 g/mol. The van der Waals surface area contributed by atoms with Gasteiger partial charge in [0.15, 0.2) is 5.11 Å². The van der Waals surface area contributed by atoms with Gasteiger partial charge < -0.3 is 5.32 Å². The summed E-state index contributed by atoms with van der Waals surface area (Å²) in [6.07, 6.45) is 0. The summed E-state index contributed by atoms with van der Waals surface area (Å²) in [4.78, 5) is 10.5. The molecule has 0 heterocycles. The predicted octanol–water partition coefficient (Wildman–Crippen LogP) is -1.61. The second kappa shape index (κ2) is 4.95. The van der Waals surface area contributed by atoms with Crippen molar-refractivity contribution in [3.63, 3.8) is 0 Å². The first-order valence-electron chi connectivity index (χ1n) is 2.62. The van der Waals surface area contributed by atoms with Crippen molar-refractivity contribution in [3.05, 3.63) is 0 Å². The lowest BCUT2D eigenvalue weighted by atomic mass is 10.6. The van der Waals surface area contributed by atoms with E-state index >= 15 is 0 Å². The van der Waals surface area contributed by atoms with E-state index in [1.54, 1.807) is 0 Å². The van der Waals surface area contributed by atoms with E-state index in [1.165, 1.54) is 7.05 Å². The van der Waals surface area contributed by atoms with Gasteiger partial charge in [0.2, 0.25) is 5.91 Å². The summed E-state index contributed by atoms with van der Waals surface area (Å²) < 4.78 is 0. The second-order valence-corrected chi connectivity index (χ2v) is 1.89. The van der Waals surface area contributed by atoms with Crippen LogP contribution in [0.1, 0.15) is 0 Å². The molecule has 0 atom stereocenters. The number of carbonyl (C=O) groups is 1. The first-order valence-corrected chi connectivity index (χ1v) is 3.02. The van der Waals surface area contributed by atoms with Gasteiger partial charge in [-0.25, -0.2) is 5.43 Å². The number of hydrogen-bond acceptors (Lipinski definition) is 3. The quantitative estimate of drug-likeness (QED) is 0.344. The molecular weight excluding hydrogens is 152 g/mol. The molecule has 0 saturated carbocycles. The minimum absolute atomic E-state index is 0.107. The molecule has 0 saturated heterocycles. The summed E-state index contributed by atoms with van der Waals surface area (Å²) in [5.74, 6) is -0.163. The monoisotopic (exact) mass is 161 g/mol. The fourth-order valence-electron chi connectivity index (χ4n) is 0.293. The van der Waals surface area contributed by atoms with Gasteiger partial charge in [-0.1, -0.05) is 0 Å². The Bertz CT molecular complexity index is 137. The van der Waals surface area contributed by atoms with Gasteiger partial charge in [-0.2, -0.15) is 0 Å². The number of rotatable bonds is 3. The third-order valence-corrected chi connectivity index (χ3v) is 0.832. The zero-order valence-corrected chi connectivity index (χ0v) is 6.34. The molecule has 10 heavy (non-hydrogen) atoms. The summed E-state index contributed by atoms with van der Waals surface area (Å²) in [7, 11) is 1.53. The summed E-state index contributed by atoms with van der Waals surface area (Å²) in [6, 6.07) is 0. The summed E-state index contributed by atoms with van der Waals surface area (Å²) in [5.41, 5.74) is 11.4. The molecule has 0 aromatic rings. The molecule has 0 aliphatic rings. The standard InChI is InChI=1S/C4H9N4OS/c1-6-3(9)2-7-8-4(5)10/h5,7H,2H2,1H3,(H,6,9)(H,8,10). The van der Waals surface area contributed by atoms with E-state index in [-0.39, 0.29) is 17.6 Å². The average Bonchev–Trinajstić information content (AvgIpc) is 1.87. The molecule has 6 heteroatoms. The molecule has 0 spiro atoms. The molecule has 0 aliphatic heterocycles. The van der Waals surface area contributed by atoms with Gasteiger partial charge in [-0.05, 0) is 12.2 Å². The minimum Gasteiger partial charge on any atom is -0.358 e. The number of hydrogen-bond donors (Lipinski definition) is 3. The normalized spacial score (nSPS) is 8.50. The molecular formula is C4H9N4OS. The van der Waals surface area contributed by atoms with Crippen molar-refractivity contribution in [2.24, 2.45) is 0 Å². The number of amides is 1. The Morgan fingerprint density at radius 3 is 2.70 bits per heavy atom. The Morgan fingerprint density at radius 1 is 1.70 bits per heavy atom. The molecule has 0 rings (SSSR count). The summed E-state index contributed by atoms with van der Waals surface area (Å²) >= 11 is 4.35. The Labute approximate surface area is 64.3 Å². The number of nitrogens with one attached hydrogen (secondary N) is 4. The smallest absolute Gasteiger partial charge is 0.235 e. The van der Waals surface area contributed by atoms with E-state index in [0.717, 1.165) is 0 Å². The fraction of sp³-hybridized carbons (Fsp3) is 0.500. The lowest BCUT2D eigenvalue weighted by Crippen LogP contribution is -2.42. The molecule has 0 aliphatic carbocycles. The van der Waals surface area contributed by atoms with Crippen molar-refractivity contribution < 1.29 is 4.79 Å². The van der Waals surface area contributed by atoms with Crippen LogP contribution in [0.3, 0.4) is 0 Å². The zero-order valence-electron chi connectivity index (χ0n) is 5.52. The van der Waals surface area contributed by atoms with Crippen molar-refractivity contribution in [1.82, 2.24) is 21.9 Å². The van der Waals surface area contributed by atoms with Crippen LogP contribution < -0.4 is 21.9 Å². The third-order valence-electron chi connectivity index (χ3n) is 0.730. The maximum Gasteiger partial charge on any atom is 0.235 e. The van der Waals surface area contributed by atoms with Crippen LogP contribution in [0.4, 0.5) is 0 Å². The third kappa shape index (κ3) is 5.26. The second-order valence-electron chi connectivity index (χ2n) is 1.48. The van der Waals surface area contributed by atoms with Gasteiger partial charge in [0, 0.05) is 7.05 Å². The molecule has 5 nitrogen and oxygen atoms in total. The zero-order chi connectivity index (χ0) is 7.98. The Balaban J connectivity index is 3.20. The van der Waals surface area contributed by atoms with E-state index in [9.17, 15) is 4.79 Å². The molecule has 57 valence electrons. The van der Waals surface area contributed by atoms with Crippen LogP contribution in [0, 0.1) is 0 Å². The highest BCUT2D eigenvalue weighted by Crippen LogP contribution is 1.58. The van der Waals surface area contributed by atoms with Crippen LogP contribution in [-0.2, 0) is 4.79 Å². The van der Waals surface area contributed by atoms with E-state index in [2.05, 4.69) is 28.4 Å². The number of carbonyl (C=O) groups excluding carboxylic acids is 1. The number of likely N-dealkylation sites (N-methyl/N-ethyl adjacent to an activating group) is 1. The van der Waals surface area contributed by atoms with Crippen molar-refractivity contribution >= 4 is 23.2 Å². The maximum atomic E-state index is 10.5. The topological polar surface area (TPSA) is 77.0 Å². The van der Waals surface area contributed by atoms with Crippen LogP contribution in [0.5, 0.6) is 0 Å². The fourth-order valence-corrected chi connectivity index (χ4v) is 0.365. The largest absolute Gasteiger partial charge is 0.358 e. The lowest BCUT2D eigenvalue weighted by Gasteiger charge is -2.02. The van der Waals surface area contributed by atoms with Crippen molar-refractivity contribution in [2.75, 3.05) is 13.6 Å². The molecule has 0 fully saturated rings. The maximum absolute atomic E-state index is 10.5. The van der Waals surface area contributed by atoms with Crippen molar-refractivity contribution in [3.8, 4) is 0 Å². The van der Waals surface area contributed by atoms with E-state index < -0.39 is 0 Å². The highest BCUT2D eigenvalue weighted by atomic mass is 32.1. The highest BCUT2D eigenvalue weighted by molar-refractivity contribution is 7.80. The van der Waals surface area contributed by atoms with Gasteiger partial charge in [0.05, 0.1) is 6.54 Å². The Kier molecular flexibility index (Phi) is 4.51. The highest BCUT2D eigenvalue weighted by Gasteiger charge is 1.94. The van der Waals surface area contributed by atoms with E-state index in [0.29, 0.717) is 0 Å². The van der Waals surface area contributed by atoms with Gasteiger partial charge >= 0.3 is 0 Å². The number of thiocarbonyl (C=S) groups is 1. The SMILES string of the molecule is CNC(=O)CNNC([NH])=S. The molecule has 1 amide bonds. The van der Waals surface area contributed by atoms with Crippen LogP contribution >= 0.6 is 12.2 Å². The molecule has 4 N–H and O–H groups in total. The molecule has 0 bridgehead atoms. The number of hydrazine groups is 1. The van der Waals surface area contributed by atoms with Gasteiger partial charge in [-0.15, -0.1) is 0 Å². The minimum atomic E-state index is -0.163. The van der Waals surface area contributed by atoms with E-state index in [1.807, 2.05) is 0 Å². The van der Waals surface area contributed by atoms with Gasteiger partial charge in [0.1, 0.15) is 0 Å². The van der Waals surface area contributed by atoms with Gasteiger partial charge in [0.25, 0.3) is 0 Å². The molecule has 0 aromatic heterocycles. The van der Waals surface area contributed by atoms with Gasteiger partial charge in [-0.3, -0.25) is 16.0 Å². The predicted molar refractivity (Wildman–Crippen MR) is 40.9 cm³/mol. The Hall–Kier alpha value is -0.880. The molecule has 1 radical (unpaired) electrons. The molecule has 0 unspecified atom stereocenters. The van der Waals surface area contributed by atoms with Crippen LogP contribution in [0.25, 0.3) is 0 Å². The summed E-state index contributed by atoms with van der Waals surface area (Å²) in [6.45, 7) is 0.107. The van der Waals surface area contributed by atoms with Crippen LogP contribution in [-0.4, -0.2) is 24.6 Å².